The lowest BCUT2D eigenvalue weighted by atomic mass is 10.2. The van der Waals surface area contributed by atoms with Crippen molar-refractivity contribution in [1.82, 2.24) is 14.5 Å². The van der Waals surface area contributed by atoms with E-state index < -0.39 is 11.6 Å². The van der Waals surface area contributed by atoms with Gasteiger partial charge >= 0.3 is 0 Å². The predicted octanol–water partition coefficient (Wildman–Crippen LogP) is 3.41. The van der Waals surface area contributed by atoms with Crippen molar-refractivity contribution in [3.8, 4) is 0 Å². The SMILES string of the molecule is Fc1cc2ncn(Cc3ccncc3Cl)c2cc1F. The van der Waals surface area contributed by atoms with E-state index in [0.717, 1.165) is 17.7 Å². The molecule has 0 aliphatic heterocycles. The molecule has 6 heteroatoms. The number of hydrogen-bond acceptors (Lipinski definition) is 2. The molecule has 0 bridgehead atoms. The molecular weight excluding hydrogens is 272 g/mol. The molecule has 0 saturated heterocycles. The average Bonchev–Trinajstić information content (AvgIpc) is 2.76. The molecular formula is C13H8ClF2N3. The molecule has 0 aliphatic carbocycles. The largest absolute Gasteiger partial charge is 0.326 e. The molecule has 0 radical (unpaired) electrons. The van der Waals surface area contributed by atoms with E-state index in [-0.39, 0.29) is 0 Å². The lowest BCUT2D eigenvalue weighted by molar-refractivity contribution is 0.510. The van der Waals surface area contributed by atoms with Gasteiger partial charge < -0.3 is 4.57 Å². The van der Waals surface area contributed by atoms with Crippen molar-refractivity contribution in [1.29, 1.82) is 0 Å². The Morgan fingerprint density at radius 1 is 1.21 bits per heavy atom. The number of benzene rings is 1. The summed E-state index contributed by atoms with van der Waals surface area (Å²) in [5.74, 6) is -1.80. The standard InChI is InChI=1S/C13H8ClF2N3/c14-9-5-17-2-1-8(9)6-19-7-18-12-3-10(15)11(16)4-13(12)19/h1-5,7H,6H2. The molecule has 0 atom stereocenters. The lowest BCUT2D eigenvalue weighted by Gasteiger charge is -2.06. The van der Waals surface area contributed by atoms with E-state index in [1.807, 2.05) is 0 Å². The van der Waals surface area contributed by atoms with Crippen LogP contribution in [-0.4, -0.2) is 14.5 Å². The average molecular weight is 280 g/mol. The number of rotatable bonds is 2. The fourth-order valence-electron chi connectivity index (χ4n) is 1.90. The minimum atomic E-state index is -0.903. The Labute approximate surface area is 112 Å². The Morgan fingerprint density at radius 3 is 2.79 bits per heavy atom. The summed E-state index contributed by atoms with van der Waals surface area (Å²) in [7, 11) is 0. The monoisotopic (exact) mass is 279 g/mol. The van der Waals surface area contributed by atoms with Crippen molar-refractivity contribution in [3.05, 3.63) is 59.1 Å². The molecule has 0 spiro atoms. The van der Waals surface area contributed by atoms with Crippen molar-refractivity contribution in [3.63, 3.8) is 0 Å². The van der Waals surface area contributed by atoms with Crippen LogP contribution < -0.4 is 0 Å². The second-order valence-electron chi connectivity index (χ2n) is 4.09. The van der Waals surface area contributed by atoms with Gasteiger partial charge in [0.1, 0.15) is 0 Å². The normalized spacial score (nSPS) is 11.1. The molecule has 0 saturated carbocycles. The molecule has 0 fully saturated rings. The Kier molecular flexibility index (Phi) is 2.91. The van der Waals surface area contributed by atoms with Gasteiger partial charge in [-0.1, -0.05) is 11.6 Å². The molecule has 3 aromatic rings. The van der Waals surface area contributed by atoms with Crippen molar-refractivity contribution < 1.29 is 8.78 Å². The van der Waals surface area contributed by atoms with E-state index >= 15 is 0 Å². The highest BCUT2D eigenvalue weighted by Gasteiger charge is 2.10. The molecule has 0 aliphatic rings. The van der Waals surface area contributed by atoms with Gasteiger partial charge in [0.2, 0.25) is 0 Å². The van der Waals surface area contributed by atoms with Gasteiger partial charge in [-0.2, -0.15) is 0 Å². The summed E-state index contributed by atoms with van der Waals surface area (Å²) in [4.78, 5) is 7.94. The number of hydrogen-bond donors (Lipinski definition) is 0. The highest BCUT2D eigenvalue weighted by molar-refractivity contribution is 6.31. The van der Waals surface area contributed by atoms with Crippen LogP contribution in [0.4, 0.5) is 8.78 Å². The van der Waals surface area contributed by atoms with Crippen molar-refractivity contribution in [2.24, 2.45) is 0 Å². The van der Waals surface area contributed by atoms with Gasteiger partial charge in [-0.05, 0) is 11.6 Å². The topological polar surface area (TPSA) is 30.7 Å². The number of halogens is 3. The summed E-state index contributed by atoms with van der Waals surface area (Å²) < 4.78 is 28.1. The van der Waals surface area contributed by atoms with Crippen molar-refractivity contribution in [2.45, 2.75) is 6.54 Å². The molecule has 2 aromatic heterocycles. The highest BCUT2D eigenvalue weighted by atomic mass is 35.5. The van der Waals surface area contributed by atoms with Crippen LogP contribution >= 0.6 is 11.6 Å². The summed E-state index contributed by atoms with van der Waals surface area (Å²) in [6.45, 7) is 0.420. The fourth-order valence-corrected chi connectivity index (χ4v) is 2.07. The number of nitrogens with zero attached hydrogens (tertiary/aromatic N) is 3. The second kappa shape index (κ2) is 4.59. The maximum atomic E-state index is 13.3. The summed E-state index contributed by atoms with van der Waals surface area (Å²) >= 11 is 6.02. The first-order valence-electron chi connectivity index (χ1n) is 5.53. The minimum Gasteiger partial charge on any atom is -0.326 e. The van der Waals surface area contributed by atoms with E-state index in [1.165, 1.54) is 12.5 Å². The van der Waals surface area contributed by atoms with Crippen molar-refractivity contribution >= 4 is 22.6 Å². The van der Waals surface area contributed by atoms with Crippen LogP contribution in [0, 0.1) is 11.6 Å². The first kappa shape index (κ1) is 12.0. The molecule has 3 rings (SSSR count). The maximum absolute atomic E-state index is 13.3. The van der Waals surface area contributed by atoms with E-state index in [1.54, 1.807) is 16.8 Å². The van der Waals surface area contributed by atoms with E-state index in [2.05, 4.69) is 9.97 Å². The Morgan fingerprint density at radius 2 is 2.00 bits per heavy atom. The van der Waals surface area contributed by atoms with E-state index in [9.17, 15) is 8.78 Å². The third-order valence-electron chi connectivity index (χ3n) is 2.86. The fraction of sp³-hybridized carbons (Fsp3) is 0.0769. The molecule has 1 aromatic carbocycles. The van der Waals surface area contributed by atoms with Crippen LogP contribution in [0.2, 0.25) is 5.02 Å². The van der Waals surface area contributed by atoms with E-state index in [4.69, 9.17) is 11.6 Å². The van der Waals surface area contributed by atoms with Gasteiger partial charge in [-0.25, -0.2) is 13.8 Å². The zero-order chi connectivity index (χ0) is 13.4. The Bertz CT molecular complexity index is 755. The van der Waals surface area contributed by atoms with Gasteiger partial charge in [0, 0.05) is 24.5 Å². The smallest absolute Gasteiger partial charge is 0.161 e. The van der Waals surface area contributed by atoms with Gasteiger partial charge in [0.05, 0.1) is 28.9 Å². The molecule has 0 N–H and O–H groups in total. The maximum Gasteiger partial charge on any atom is 0.161 e. The van der Waals surface area contributed by atoms with Crippen LogP contribution in [0.5, 0.6) is 0 Å². The highest BCUT2D eigenvalue weighted by Crippen LogP contribution is 2.20. The summed E-state index contributed by atoms with van der Waals surface area (Å²) in [6.07, 6.45) is 4.69. The second-order valence-corrected chi connectivity index (χ2v) is 4.50. The van der Waals surface area contributed by atoms with Gasteiger partial charge in [0.25, 0.3) is 0 Å². The van der Waals surface area contributed by atoms with Crippen molar-refractivity contribution in [2.75, 3.05) is 0 Å². The van der Waals surface area contributed by atoms with Crippen LogP contribution in [0.1, 0.15) is 5.56 Å². The zero-order valence-corrected chi connectivity index (χ0v) is 10.4. The van der Waals surface area contributed by atoms with Crippen LogP contribution in [0.25, 0.3) is 11.0 Å². The first-order valence-corrected chi connectivity index (χ1v) is 5.91. The minimum absolute atomic E-state index is 0.407. The molecule has 0 unspecified atom stereocenters. The van der Waals surface area contributed by atoms with Gasteiger partial charge in [-0.15, -0.1) is 0 Å². The summed E-state index contributed by atoms with van der Waals surface area (Å²) in [5, 5.41) is 0.520. The molecule has 96 valence electrons. The number of aromatic nitrogens is 3. The predicted molar refractivity (Wildman–Crippen MR) is 68.0 cm³/mol. The Balaban J connectivity index is 2.07. The zero-order valence-electron chi connectivity index (χ0n) is 9.65. The molecule has 0 amide bonds. The third kappa shape index (κ3) is 2.17. The third-order valence-corrected chi connectivity index (χ3v) is 3.20. The first-order chi connectivity index (χ1) is 9.15. The summed E-state index contributed by atoms with van der Waals surface area (Å²) in [5.41, 5.74) is 1.76. The molecule has 19 heavy (non-hydrogen) atoms. The summed E-state index contributed by atoms with van der Waals surface area (Å²) in [6, 6.07) is 3.98. The van der Waals surface area contributed by atoms with Crippen LogP contribution in [0.15, 0.2) is 36.9 Å². The lowest BCUT2D eigenvalue weighted by Crippen LogP contribution is -1.99. The van der Waals surface area contributed by atoms with Gasteiger partial charge in [0.15, 0.2) is 11.6 Å². The van der Waals surface area contributed by atoms with Crippen LogP contribution in [0.3, 0.4) is 0 Å². The number of imidazole rings is 1. The van der Waals surface area contributed by atoms with E-state index in [0.29, 0.717) is 22.6 Å². The molecule has 2 heterocycles. The number of pyridine rings is 1. The van der Waals surface area contributed by atoms with Crippen LogP contribution in [-0.2, 0) is 6.54 Å². The van der Waals surface area contributed by atoms with Gasteiger partial charge in [-0.3, -0.25) is 4.98 Å². The quantitative estimate of drug-likeness (QED) is 0.720. The Hall–Kier alpha value is -2.01. The molecule has 3 nitrogen and oxygen atoms in total. The number of fused-ring (bicyclic) bond motifs is 1.